The van der Waals surface area contributed by atoms with Gasteiger partial charge in [-0.05, 0) is 41.8 Å². The molecule has 0 aliphatic carbocycles. The number of aromatic nitrogens is 1. The van der Waals surface area contributed by atoms with Gasteiger partial charge in [-0.1, -0.05) is 54.1 Å². The van der Waals surface area contributed by atoms with Gasteiger partial charge in [-0.2, -0.15) is 0 Å². The molecule has 1 aromatic heterocycles. The molecule has 1 amide bonds. The highest BCUT2D eigenvalue weighted by Crippen LogP contribution is 2.34. The van der Waals surface area contributed by atoms with Crippen LogP contribution in [0.1, 0.15) is 17.5 Å². The van der Waals surface area contributed by atoms with Gasteiger partial charge in [0.05, 0.1) is 12.1 Å². The third-order valence-electron chi connectivity index (χ3n) is 6.40. The van der Waals surface area contributed by atoms with Gasteiger partial charge in [0, 0.05) is 50.0 Å². The monoisotopic (exact) mass is 446 g/mol. The minimum atomic E-state index is 0.0996. The molecule has 1 atom stereocenters. The standard InChI is InChI=1S/C26H27ClN4O/c27-22-10-8-20(9-11-22)17-25(32)31-14-12-23-19-29(18-21-5-2-1-3-6-21)15-16-30(23)26-24(31)7-4-13-28-26/h1-11,13,23H,12,14-19H2. The Morgan fingerprint density at radius 2 is 1.75 bits per heavy atom. The van der Waals surface area contributed by atoms with Crippen LogP contribution in [0.5, 0.6) is 0 Å². The first-order chi connectivity index (χ1) is 15.7. The van der Waals surface area contributed by atoms with E-state index in [-0.39, 0.29) is 5.91 Å². The van der Waals surface area contributed by atoms with E-state index in [0.717, 1.165) is 49.7 Å². The van der Waals surface area contributed by atoms with Crippen LogP contribution in [-0.4, -0.2) is 48.0 Å². The van der Waals surface area contributed by atoms with Crippen molar-refractivity contribution in [1.29, 1.82) is 0 Å². The van der Waals surface area contributed by atoms with E-state index < -0.39 is 0 Å². The third-order valence-corrected chi connectivity index (χ3v) is 6.65. The van der Waals surface area contributed by atoms with E-state index in [1.165, 1.54) is 5.56 Å². The molecule has 5 nitrogen and oxygen atoms in total. The molecule has 3 aromatic rings. The molecule has 1 unspecified atom stereocenters. The van der Waals surface area contributed by atoms with Crippen molar-refractivity contribution in [3.05, 3.63) is 89.1 Å². The summed E-state index contributed by atoms with van der Waals surface area (Å²) in [7, 11) is 0. The number of anilines is 2. The molecule has 2 aliphatic heterocycles. The average molecular weight is 447 g/mol. The summed E-state index contributed by atoms with van der Waals surface area (Å²) in [5.74, 6) is 1.03. The van der Waals surface area contributed by atoms with Gasteiger partial charge in [0.25, 0.3) is 0 Å². The first-order valence-electron chi connectivity index (χ1n) is 11.2. The molecular weight excluding hydrogens is 420 g/mol. The Balaban J connectivity index is 1.35. The molecule has 0 saturated carbocycles. The van der Waals surface area contributed by atoms with E-state index in [4.69, 9.17) is 16.6 Å². The maximum Gasteiger partial charge on any atom is 0.231 e. The minimum Gasteiger partial charge on any atom is -0.349 e. The van der Waals surface area contributed by atoms with E-state index in [1.807, 2.05) is 47.5 Å². The maximum absolute atomic E-state index is 13.3. The summed E-state index contributed by atoms with van der Waals surface area (Å²) in [4.78, 5) is 24.9. The van der Waals surface area contributed by atoms with Crippen molar-refractivity contribution in [3.8, 4) is 0 Å². The zero-order valence-corrected chi connectivity index (χ0v) is 18.8. The molecule has 1 fully saturated rings. The lowest BCUT2D eigenvalue weighted by Gasteiger charge is -2.41. The molecule has 1 saturated heterocycles. The SMILES string of the molecule is O=C(Cc1ccc(Cl)cc1)N1CCC2CN(Cc3ccccc3)CCN2c2ncccc21. The van der Waals surface area contributed by atoms with Gasteiger partial charge >= 0.3 is 0 Å². The van der Waals surface area contributed by atoms with Crippen LogP contribution in [-0.2, 0) is 17.8 Å². The predicted molar refractivity (Wildman–Crippen MR) is 129 cm³/mol. The van der Waals surface area contributed by atoms with Crippen molar-refractivity contribution in [2.24, 2.45) is 0 Å². The van der Waals surface area contributed by atoms with Crippen LogP contribution in [0.15, 0.2) is 72.9 Å². The van der Waals surface area contributed by atoms with Gasteiger partial charge in [-0.3, -0.25) is 9.69 Å². The highest BCUT2D eigenvalue weighted by molar-refractivity contribution is 6.30. The normalized spacial score (nSPS) is 18.6. The Labute approximate surface area is 194 Å². The Morgan fingerprint density at radius 3 is 2.56 bits per heavy atom. The topological polar surface area (TPSA) is 39.7 Å². The molecule has 0 N–H and O–H groups in total. The molecule has 2 aromatic carbocycles. The summed E-state index contributed by atoms with van der Waals surface area (Å²) in [6, 6.07) is 22.4. The number of carbonyl (C=O) groups excluding carboxylic acids is 1. The zero-order chi connectivity index (χ0) is 21.9. The third kappa shape index (κ3) is 4.50. The minimum absolute atomic E-state index is 0.0996. The van der Waals surface area contributed by atoms with Crippen LogP contribution in [0.4, 0.5) is 11.5 Å². The summed E-state index contributed by atoms with van der Waals surface area (Å²) in [6.45, 7) is 4.54. The van der Waals surface area contributed by atoms with Crippen molar-refractivity contribution in [2.45, 2.75) is 25.4 Å². The molecular formula is C26H27ClN4O. The van der Waals surface area contributed by atoms with E-state index in [9.17, 15) is 4.79 Å². The van der Waals surface area contributed by atoms with Crippen molar-refractivity contribution >= 4 is 29.0 Å². The molecule has 0 bridgehead atoms. The van der Waals surface area contributed by atoms with Crippen molar-refractivity contribution in [2.75, 3.05) is 36.0 Å². The van der Waals surface area contributed by atoms with Crippen LogP contribution in [0.25, 0.3) is 0 Å². The Morgan fingerprint density at radius 1 is 0.938 bits per heavy atom. The van der Waals surface area contributed by atoms with Gasteiger partial charge in [0.1, 0.15) is 0 Å². The first kappa shape index (κ1) is 21.0. The van der Waals surface area contributed by atoms with Gasteiger partial charge in [-0.15, -0.1) is 0 Å². The Hall–Kier alpha value is -2.89. The molecule has 0 radical (unpaired) electrons. The molecule has 164 valence electrons. The molecule has 6 heteroatoms. The van der Waals surface area contributed by atoms with Gasteiger partial charge < -0.3 is 9.80 Å². The van der Waals surface area contributed by atoms with Crippen LogP contribution in [0, 0.1) is 0 Å². The average Bonchev–Trinajstić information content (AvgIpc) is 2.98. The number of rotatable bonds is 4. The van der Waals surface area contributed by atoms with Crippen molar-refractivity contribution < 1.29 is 4.79 Å². The largest absolute Gasteiger partial charge is 0.349 e. The second-order valence-corrected chi connectivity index (χ2v) is 8.99. The molecule has 2 aliphatic rings. The second-order valence-electron chi connectivity index (χ2n) is 8.55. The fourth-order valence-corrected chi connectivity index (χ4v) is 4.91. The number of carbonyl (C=O) groups is 1. The highest BCUT2D eigenvalue weighted by Gasteiger charge is 2.34. The number of nitrogens with zero attached hydrogens (tertiary/aromatic N) is 4. The fraction of sp³-hybridized carbons (Fsp3) is 0.308. The number of benzene rings is 2. The van der Waals surface area contributed by atoms with Gasteiger partial charge in [0.2, 0.25) is 5.91 Å². The number of hydrogen-bond donors (Lipinski definition) is 0. The molecule has 0 spiro atoms. The summed E-state index contributed by atoms with van der Waals surface area (Å²) in [5, 5.41) is 0.683. The number of piperazine rings is 1. The number of amides is 1. The van der Waals surface area contributed by atoms with Crippen LogP contribution in [0.3, 0.4) is 0 Å². The van der Waals surface area contributed by atoms with Crippen molar-refractivity contribution in [3.63, 3.8) is 0 Å². The van der Waals surface area contributed by atoms with Crippen LogP contribution in [0.2, 0.25) is 5.02 Å². The number of halogens is 1. The second kappa shape index (κ2) is 9.31. The Bertz CT molecular complexity index is 1070. The lowest BCUT2D eigenvalue weighted by Crippen LogP contribution is -2.53. The lowest BCUT2D eigenvalue weighted by molar-refractivity contribution is -0.118. The number of pyridine rings is 1. The van der Waals surface area contributed by atoms with Crippen LogP contribution >= 0.6 is 11.6 Å². The van der Waals surface area contributed by atoms with Gasteiger partial charge in [-0.25, -0.2) is 4.98 Å². The number of fused-ring (bicyclic) bond motifs is 3. The highest BCUT2D eigenvalue weighted by atomic mass is 35.5. The smallest absolute Gasteiger partial charge is 0.231 e. The predicted octanol–water partition coefficient (Wildman–Crippen LogP) is 4.41. The van der Waals surface area contributed by atoms with E-state index in [2.05, 4.69) is 40.1 Å². The molecule has 5 rings (SSSR count). The molecule has 32 heavy (non-hydrogen) atoms. The van der Waals surface area contributed by atoms with E-state index >= 15 is 0 Å². The zero-order valence-electron chi connectivity index (χ0n) is 18.0. The number of hydrogen-bond acceptors (Lipinski definition) is 4. The Kier molecular flexibility index (Phi) is 6.10. The van der Waals surface area contributed by atoms with E-state index in [1.54, 1.807) is 0 Å². The lowest BCUT2D eigenvalue weighted by atomic mass is 10.1. The maximum atomic E-state index is 13.3. The van der Waals surface area contributed by atoms with E-state index in [0.29, 0.717) is 24.0 Å². The van der Waals surface area contributed by atoms with Crippen LogP contribution < -0.4 is 9.80 Å². The summed E-state index contributed by atoms with van der Waals surface area (Å²) < 4.78 is 0. The summed E-state index contributed by atoms with van der Waals surface area (Å²) in [5.41, 5.74) is 3.24. The quantitative estimate of drug-likeness (QED) is 0.595. The fourth-order valence-electron chi connectivity index (χ4n) is 4.78. The van der Waals surface area contributed by atoms with Crippen molar-refractivity contribution in [1.82, 2.24) is 9.88 Å². The summed E-state index contributed by atoms with van der Waals surface area (Å²) in [6.07, 6.45) is 3.11. The first-order valence-corrected chi connectivity index (χ1v) is 11.6. The van der Waals surface area contributed by atoms with Gasteiger partial charge in [0.15, 0.2) is 5.82 Å². The summed E-state index contributed by atoms with van der Waals surface area (Å²) >= 11 is 6.01. The molecule has 3 heterocycles.